The third kappa shape index (κ3) is 7.27. The van der Waals surface area contributed by atoms with E-state index in [4.69, 9.17) is 15.9 Å². The standard InChI is InChI=1S/C38H40O3/c1-5-7-28-40-35-25-18-31(19-26-35)20-27-37(39)41-38(33-15-9-8-10-16-33,36-17-12-11-14-30(36)4)34-23-21-32(22-24-34)29(3)13-6-2/h2,8-12,14-19,21-26,29H,5,7,13,20,27-28H2,1,3-4H3. The van der Waals surface area contributed by atoms with Gasteiger partial charge in [-0.15, -0.1) is 12.3 Å². The fourth-order valence-electron chi connectivity index (χ4n) is 5.19. The van der Waals surface area contributed by atoms with Crippen LogP contribution in [0, 0.1) is 19.3 Å². The number of aryl methyl sites for hydroxylation is 2. The molecule has 0 aliphatic heterocycles. The predicted molar refractivity (Wildman–Crippen MR) is 167 cm³/mol. The fraction of sp³-hybridized carbons (Fsp3) is 0.289. The van der Waals surface area contributed by atoms with Crippen LogP contribution in [0.1, 0.15) is 78.8 Å². The lowest BCUT2D eigenvalue weighted by Crippen LogP contribution is -2.36. The van der Waals surface area contributed by atoms with Gasteiger partial charge in [0.2, 0.25) is 0 Å². The molecule has 0 saturated carbocycles. The molecular weight excluding hydrogens is 504 g/mol. The van der Waals surface area contributed by atoms with Gasteiger partial charge < -0.3 is 9.47 Å². The van der Waals surface area contributed by atoms with E-state index in [1.807, 2.05) is 66.7 Å². The Hall–Kier alpha value is -4.29. The molecule has 0 spiro atoms. The van der Waals surface area contributed by atoms with E-state index in [1.165, 1.54) is 0 Å². The number of ether oxygens (including phenoxy) is 2. The summed E-state index contributed by atoms with van der Waals surface area (Å²) in [6.45, 7) is 7.05. The highest BCUT2D eigenvalue weighted by Gasteiger charge is 2.41. The lowest BCUT2D eigenvalue weighted by atomic mass is 9.77. The molecule has 210 valence electrons. The van der Waals surface area contributed by atoms with Gasteiger partial charge in [-0.25, -0.2) is 0 Å². The maximum absolute atomic E-state index is 13.7. The summed E-state index contributed by atoms with van der Waals surface area (Å²) < 4.78 is 12.4. The highest BCUT2D eigenvalue weighted by atomic mass is 16.6. The predicted octanol–water partition coefficient (Wildman–Crippen LogP) is 8.77. The maximum atomic E-state index is 13.7. The Morgan fingerprint density at radius 3 is 2.20 bits per heavy atom. The van der Waals surface area contributed by atoms with Gasteiger partial charge in [-0.2, -0.15) is 0 Å². The van der Waals surface area contributed by atoms with Crippen LogP contribution in [-0.4, -0.2) is 12.6 Å². The lowest BCUT2D eigenvalue weighted by molar-refractivity contribution is -0.153. The van der Waals surface area contributed by atoms with Gasteiger partial charge >= 0.3 is 5.97 Å². The number of terminal acetylenes is 1. The third-order valence-corrected chi connectivity index (χ3v) is 7.59. The van der Waals surface area contributed by atoms with Crippen molar-refractivity contribution < 1.29 is 14.3 Å². The van der Waals surface area contributed by atoms with Crippen LogP contribution in [0.25, 0.3) is 0 Å². The molecular formula is C38H40O3. The molecule has 0 bridgehead atoms. The Labute approximate surface area is 245 Å². The van der Waals surface area contributed by atoms with Crippen LogP contribution in [-0.2, 0) is 21.6 Å². The SMILES string of the molecule is C#CCC(C)c1ccc(C(OC(=O)CCc2ccc(OCCCC)cc2)(c2ccccc2)c2ccccc2C)cc1. The summed E-state index contributed by atoms with van der Waals surface area (Å²) in [6, 6.07) is 34.5. The monoisotopic (exact) mass is 544 g/mol. The van der Waals surface area contributed by atoms with Gasteiger partial charge in [0, 0.05) is 29.5 Å². The lowest BCUT2D eigenvalue weighted by Gasteiger charge is -2.36. The number of unbranched alkanes of at least 4 members (excludes halogenated alkanes) is 1. The van der Waals surface area contributed by atoms with Crippen LogP contribution in [0.3, 0.4) is 0 Å². The number of rotatable bonds is 13. The Kier molecular flexibility index (Phi) is 10.4. The molecule has 2 atom stereocenters. The van der Waals surface area contributed by atoms with Crippen molar-refractivity contribution in [1.82, 2.24) is 0 Å². The van der Waals surface area contributed by atoms with Crippen molar-refractivity contribution >= 4 is 5.97 Å². The molecule has 0 radical (unpaired) electrons. The second-order valence-corrected chi connectivity index (χ2v) is 10.6. The highest BCUT2D eigenvalue weighted by molar-refractivity contribution is 5.72. The summed E-state index contributed by atoms with van der Waals surface area (Å²) in [5.74, 6) is 3.60. The molecule has 4 aromatic carbocycles. The summed E-state index contributed by atoms with van der Waals surface area (Å²) in [7, 11) is 0. The van der Waals surface area contributed by atoms with Gasteiger partial charge in [0.25, 0.3) is 0 Å². The Morgan fingerprint density at radius 1 is 0.878 bits per heavy atom. The Bertz CT molecular complexity index is 1430. The van der Waals surface area contributed by atoms with Gasteiger partial charge in [0.15, 0.2) is 5.60 Å². The molecule has 0 N–H and O–H groups in total. The molecule has 2 unspecified atom stereocenters. The molecule has 0 fully saturated rings. The van der Waals surface area contributed by atoms with E-state index in [9.17, 15) is 4.79 Å². The number of benzene rings is 4. The zero-order valence-corrected chi connectivity index (χ0v) is 24.4. The summed E-state index contributed by atoms with van der Waals surface area (Å²) in [4.78, 5) is 13.7. The topological polar surface area (TPSA) is 35.5 Å². The van der Waals surface area contributed by atoms with Crippen LogP contribution >= 0.6 is 0 Å². The minimum atomic E-state index is -1.10. The summed E-state index contributed by atoms with van der Waals surface area (Å²) in [5, 5.41) is 0. The van der Waals surface area contributed by atoms with Gasteiger partial charge in [-0.1, -0.05) is 111 Å². The van der Waals surface area contributed by atoms with E-state index in [-0.39, 0.29) is 18.3 Å². The Morgan fingerprint density at radius 2 is 1.54 bits per heavy atom. The molecule has 4 aromatic rings. The van der Waals surface area contributed by atoms with Crippen molar-refractivity contribution in [2.24, 2.45) is 0 Å². The normalized spacial score (nSPS) is 13.0. The van der Waals surface area contributed by atoms with Gasteiger partial charge in [0.05, 0.1) is 6.61 Å². The molecule has 0 saturated heterocycles. The van der Waals surface area contributed by atoms with Crippen LogP contribution < -0.4 is 4.74 Å². The van der Waals surface area contributed by atoms with Crippen LogP contribution in [0.4, 0.5) is 0 Å². The average Bonchev–Trinajstić information content (AvgIpc) is 3.01. The number of carbonyl (C=O) groups excluding carboxylic acids is 1. The van der Waals surface area contributed by atoms with E-state index >= 15 is 0 Å². The first-order valence-electron chi connectivity index (χ1n) is 14.6. The summed E-state index contributed by atoms with van der Waals surface area (Å²) in [5.41, 5.74) is 4.92. The third-order valence-electron chi connectivity index (χ3n) is 7.59. The average molecular weight is 545 g/mol. The smallest absolute Gasteiger partial charge is 0.307 e. The minimum absolute atomic E-state index is 0.240. The van der Waals surface area contributed by atoms with Crippen molar-refractivity contribution in [2.75, 3.05) is 6.61 Å². The zero-order valence-electron chi connectivity index (χ0n) is 24.4. The zero-order chi connectivity index (χ0) is 29.1. The highest BCUT2D eigenvalue weighted by Crippen LogP contribution is 2.42. The number of hydrogen-bond acceptors (Lipinski definition) is 3. The van der Waals surface area contributed by atoms with Crippen LogP contribution in [0.5, 0.6) is 5.75 Å². The molecule has 3 nitrogen and oxygen atoms in total. The van der Waals surface area contributed by atoms with Crippen molar-refractivity contribution in [1.29, 1.82) is 0 Å². The minimum Gasteiger partial charge on any atom is -0.494 e. The van der Waals surface area contributed by atoms with E-state index in [1.54, 1.807) is 0 Å². The maximum Gasteiger partial charge on any atom is 0.307 e. The molecule has 0 amide bonds. The van der Waals surface area contributed by atoms with Crippen molar-refractivity contribution in [3.05, 3.63) is 137 Å². The van der Waals surface area contributed by atoms with Crippen molar-refractivity contribution in [3.8, 4) is 18.1 Å². The first-order valence-corrected chi connectivity index (χ1v) is 14.6. The first-order chi connectivity index (χ1) is 20.0. The molecule has 41 heavy (non-hydrogen) atoms. The van der Waals surface area contributed by atoms with Crippen LogP contribution in [0.15, 0.2) is 103 Å². The van der Waals surface area contributed by atoms with Crippen LogP contribution in [0.2, 0.25) is 0 Å². The second-order valence-electron chi connectivity index (χ2n) is 10.6. The molecule has 3 heteroatoms. The van der Waals surface area contributed by atoms with E-state index in [0.29, 0.717) is 19.4 Å². The van der Waals surface area contributed by atoms with E-state index < -0.39 is 5.60 Å². The van der Waals surface area contributed by atoms with E-state index in [0.717, 1.165) is 52.0 Å². The first kappa shape index (κ1) is 29.7. The molecule has 0 heterocycles. The number of esters is 1. The van der Waals surface area contributed by atoms with Crippen molar-refractivity contribution in [3.63, 3.8) is 0 Å². The molecule has 0 aliphatic rings. The summed E-state index contributed by atoms with van der Waals surface area (Å²) >= 11 is 0. The fourth-order valence-corrected chi connectivity index (χ4v) is 5.19. The van der Waals surface area contributed by atoms with Gasteiger partial charge in [-0.05, 0) is 54.5 Å². The number of hydrogen-bond donors (Lipinski definition) is 0. The van der Waals surface area contributed by atoms with E-state index in [2.05, 4.69) is 63.1 Å². The molecule has 4 rings (SSSR count). The number of carbonyl (C=O) groups is 1. The van der Waals surface area contributed by atoms with Gasteiger partial charge in [0.1, 0.15) is 5.75 Å². The Balaban J connectivity index is 1.67. The van der Waals surface area contributed by atoms with Gasteiger partial charge in [-0.3, -0.25) is 4.79 Å². The summed E-state index contributed by atoms with van der Waals surface area (Å²) in [6.07, 6.45) is 9.21. The quantitative estimate of drug-likeness (QED) is 0.0730. The largest absolute Gasteiger partial charge is 0.494 e. The van der Waals surface area contributed by atoms with Crippen molar-refractivity contribution in [2.45, 2.75) is 64.4 Å². The molecule has 0 aliphatic carbocycles. The second kappa shape index (κ2) is 14.4. The molecule has 0 aromatic heterocycles.